The first-order valence-electron chi connectivity index (χ1n) is 7.38. The van der Waals surface area contributed by atoms with Crippen molar-refractivity contribution in [2.24, 2.45) is 10.8 Å². The average Bonchev–Trinajstić information content (AvgIpc) is 2.33. The molecule has 4 nitrogen and oxygen atoms in total. The van der Waals surface area contributed by atoms with Crippen LogP contribution in [0, 0.1) is 10.8 Å². The quantitative estimate of drug-likeness (QED) is 0.522. The molecule has 0 aromatic carbocycles. The molecular formula is C16H30O4. The zero-order chi connectivity index (χ0) is 15.8. The first-order chi connectivity index (χ1) is 9.10. The van der Waals surface area contributed by atoms with Gasteiger partial charge in [-0.1, -0.05) is 34.6 Å². The number of ether oxygens (including phenoxy) is 1. The minimum Gasteiger partial charge on any atom is -0.466 e. The Morgan fingerprint density at radius 3 is 2.10 bits per heavy atom. The summed E-state index contributed by atoms with van der Waals surface area (Å²) in [7, 11) is 0. The molecule has 1 N–H and O–H groups in total. The highest BCUT2D eigenvalue weighted by molar-refractivity contribution is 5.83. The molecule has 0 aromatic rings. The number of carbonyl (C=O) groups is 2. The van der Waals surface area contributed by atoms with Crippen molar-refractivity contribution in [1.82, 2.24) is 0 Å². The van der Waals surface area contributed by atoms with E-state index in [1.165, 1.54) is 0 Å². The number of rotatable bonds is 9. The summed E-state index contributed by atoms with van der Waals surface area (Å²) < 4.78 is 5.06. The summed E-state index contributed by atoms with van der Waals surface area (Å²) in [6.45, 7) is 11.2. The van der Waals surface area contributed by atoms with Gasteiger partial charge in [-0.2, -0.15) is 0 Å². The third kappa shape index (κ3) is 7.63. The van der Waals surface area contributed by atoms with Crippen LogP contribution < -0.4 is 0 Å². The van der Waals surface area contributed by atoms with Crippen molar-refractivity contribution in [1.29, 1.82) is 0 Å². The zero-order valence-electron chi connectivity index (χ0n) is 13.6. The van der Waals surface area contributed by atoms with Crippen LogP contribution in [-0.2, 0) is 14.3 Å². The van der Waals surface area contributed by atoms with Crippen molar-refractivity contribution in [3.63, 3.8) is 0 Å². The summed E-state index contributed by atoms with van der Waals surface area (Å²) in [6.07, 6.45) is 3.09. The monoisotopic (exact) mass is 286 g/mol. The molecule has 0 unspecified atom stereocenters. The Hall–Kier alpha value is -0.900. The summed E-state index contributed by atoms with van der Waals surface area (Å²) in [5.74, 6) is -0.684. The molecular weight excluding hydrogens is 256 g/mol. The summed E-state index contributed by atoms with van der Waals surface area (Å²) in [5, 5.41) is 8.53. The fourth-order valence-electron chi connectivity index (χ4n) is 1.62. The van der Waals surface area contributed by atoms with Crippen molar-refractivity contribution >= 4 is 11.8 Å². The lowest BCUT2D eigenvalue weighted by atomic mass is 9.67. The molecule has 118 valence electrons. The maximum Gasteiger partial charge on any atom is 0.306 e. The van der Waals surface area contributed by atoms with Crippen LogP contribution in [0.5, 0.6) is 0 Å². The van der Waals surface area contributed by atoms with E-state index in [2.05, 4.69) is 34.6 Å². The third-order valence-corrected chi connectivity index (χ3v) is 4.27. The summed E-state index contributed by atoms with van der Waals surface area (Å²) in [4.78, 5) is 22.2. The lowest BCUT2D eigenvalue weighted by molar-refractivity contribution is -0.145. The maximum atomic E-state index is 11.3. The van der Waals surface area contributed by atoms with E-state index in [1.807, 2.05) is 0 Å². The summed E-state index contributed by atoms with van der Waals surface area (Å²) in [6, 6.07) is 0. The number of aliphatic hydroxyl groups excluding tert-OH is 1. The van der Waals surface area contributed by atoms with Crippen LogP contribution in [0.3, 0.4) is 0 Å². The second-order valence-electron chi connectivity index (χ2n) is 7.01. The molecule has 0 fully saturated rings. The van der Waals surface area contributed by atoms with Gasteiger partial charge in [-0.15, -0.1) is 0 Å². The molecule has 0 heterocycles. The minimum atomic E-state index is -0.505. The number of ketones is 1. The van der Waals surface area contributed by atoms with E-state index in [0.29, 0.717) is 6.61 Å². The lowest BCUT2D eigenvalue weighted by Crippen LogP contribution is -2.29. The first-order valence-corrected chi connectivity index (χ1v) is 7.38. The molecule has 0 radical (unpaired) electrons. The Kier molecular flexibility index (Phi) is 8.02. The number of aliphatic hydroxyl groups is 1. The van der Waals surface area contributed by atoms with Gasteiger partial charge >= 0.3 is 5.97 Å². The van der Waals surface area contributed by atoms with Crippen LogP contribution in [0.4, 0.5) is 0 Å². The Balaban J connectivity index is 3.72. The molecule has 0 spiro atoms. The minimum absolute atomic E-state index is 0.0619. The number of esters is 1. The molecule has 0 saturated carbocycles. The average molecular weight is 286 g/mol. The number of unbranched alkanes of at least 4 members (excludes halogenated alkanes) is 1. The Bertz CT molecular complexity index is 313. The van der Waals surface area contributed by atoms with Crippen molar-refractivity contribution < 1.29 is 19.4 Å². The van der Waals surface area contributed by atoms with E-state index in [9.17, 15) is 9.59 Å². The van der Waals surface area contributed by atoms with E-state index < -0.39 is 6.61 Å². The van der Waals surface area contributed by atoms with E-state index in [1.54, 1.807) is 0 Å². The van der Waals surface area contributed by atoms with Gasteiger partial charge in [-0.25, -0.2) is 0 Å². The molecule has 4 heteroatoms. The first kappa shape index (κ1) is 19.1. The van der Waals surface area contributed by atoms with Crippen LogP contribution in [-0.4, -0.2) is 30.1 Å². The molecule has 20 heavy (non-hydrogen) atoms. The van der Waals surface area contributed by atoms with Crippen LogP contribution in [0.1, 0.15) is 66.7 Å². The zero-order valence-corrected chi connectivity index (χ0v) is 13.6. The second-order valence-corrected chi connectivity index (χ2v) is 7.01. The molecule has 0 atom stereocenters. The van der Waals surface area contributed by atoms with E-state index in [-0.39, 0.29) is 35.4 Å². The van der Waals surface area contributed by atoms with E-state index >= 15 is 0 Å². The van der Waals surface area contributed by atoms with Crippen LogP contribution in [0.25, 0.3) is 0 Å². The third-order valence-electron chi connectivity index (χ3n) is 4.27. The van der Waals surface area contributed by atoms with Gasteiger partial charge in [-0.3, -0.25) is 9.59 Å². The van der Waals surface area contributed by atoms with Gasteiger partial charge < -0.3 is 9.84 Å². The van der Waals surface area contributed by atoms with Crippen molar-refractivity contribution in [2.45, 2.75) is 66.7 Å². The normalized spacial score (nSPS) is 12.3. The molecule has 0 amide bonds. The molecule has 0 aliphatic heterocycles. The van der Waals surface area contributed by atoms with Gasteiger partial charge in [0.15, 0.2) is 5.78 Å². The lowest BCUT2D eigenvalue weighted by Gasteiger charge is -2.39. The topological polar surface area (TPSA) is 63.6 Å². The highest BCUT2D eigenvalue weighted by atomic mass is 16.5. The summed E-state index contributed by atoms with van der Waals surface area (Å²) >= 11 is 0. The number of hydrogen-bond acceptors (Lipinski definition) is 4. The number of Topliss-reactive ketones (excluding diaryl/α,β-unsaturated/α-hetero) is 1. The number of carbonyl (C=O) groups excluding carboxylic acids is 2. The van der Waals surface area contributed by atoms with Gasteiger partial charge in [0, 0.05) is 6.42 Å². The SMILES string of the molecule is CC(C)(C)C(C)(C)CCCCOC(=O)CCC(=O)CO. The van der Waals surface area contributed by atoms with Gasteiger partial charge in [0.25, 0.3) is 0 Å². The molecule has 0 aliphatic rings. The van der Waals surface area contributed by atoms with Gasteiger partial charge in [-0.05, 0) is 30.1 Å². The Morgan fingerprint density at radius 1 is 1.00 bits per heavy atom. The molecule has 0 aliphatic carbocycles. The molecule has 0 aromatic heterocycles. The van der Waals surface area contributed by atoms with Crippen LogP contribution >= 0.6 is 0 Å². The van der Waals surface area contributed by atoms with Gasteiger partial charge in [0.2, 0.25) is 0 Å². The molecule has 0 rings (SSSR count). The van der Waals surface area contributed by atoms with Crippen molar-refractivity contribution in [3.05, 3.63) is 0 Å². The maximum absolute atomic E-state index is 11.3. The Labute approximate surface area is 122 Å². The Morgan fingerprint density at radius 2 is 1.60 bits per heavy atom. The highest BCUT2D eigenvalue weighted by Crippen LogP contribution is 2.41. The predicted molar refractivity (Wildman–Crippen MR) is 79.4 cm³/mol. The predicted octanol–water partition coefficient (Wildman–Crippen LogP) is 3.11. The molecule has 0 bridgehead atoms. The van der Waals surface area contributed by atoms with Crippen molar-refractivity contribution in [3.8, 4) is 0 Å². The van der Waals surface area contributed by atoms with Crippen LogP contribution in [0.15, 0.2) is 0 Å². The van der Waals surface area contributed by atoms with Crippen molar-refractivity contribution in [2.75, 3.05) is 13.2 Å². The summed E-state index contributed by atoms with van der Waals surface area (Å²) in [5.41, 5.74) is 0.513. The fraction of sp³-hybridized carbons (Fsp3) is 0.875. The largest absolute Gasteiger partial charge is 0.466 e. The highest BCUT2D eigenvalue weighted by Gasteiger charge is 2.31. The number of hydrogen-bond donors (Lipinski definition) is 1. The van der Waals surface area contributed by atoms with E-state index in [4.69, 9.17) is 9.84 Å². The second kappa shape index (κ2) is 8.40. The standard InChI is InChI=1S/C16H30O4/c1-15(2,3)16(4,5)10-6-7-11-20-14(19)9-8-13(18)12-17/h17H,6-12H2,1-5H3. The molecule has 0 saturated heterocycles. The van der Waals surface area contributed by atoms with E-state index in [0.717, 1.165) is 19.3 Å². The van der Waals surface area contributed by atoms with Gasteiger partial charge in [0.05, 0.1) is 13.0 Å². The van der Waals surface area contributed by atoms with Crippen LogP contribution in [0.2, 0.25) is 0 Å². The fourth-order valence-corrected chi connectivity index (χ4v) is 1.62. The van der Waals surface area contributed by atoms with Gasteiger partial charge in [0.1, 0.15) is 6.61 Å². The smallest absolute Gasteiger partial charge is 0.306 e.